The zero-order valence-corrected chi connectivity index (χ0v) is 14.1. The van der Waals surface area contributed by atoms with Gasteiger partial charge in [0.25, 0.3) is 0 Å². The van der Waals surface area contributed by atoms with E-state index in [0.717, 1.165) is 29.8 Å². The minimum absolute atomic E-state index is 0.504. The van der Waals surface area contributed by atoms with E-state index in [1.165, 1.54) is 19.3 Å². The molecule has 0 unspecified atom stereocenters. The molecule has 124 valence electrons. The van der Waals surface area contributed by atoms with Crippen LogP contribution < -0.4 is 11.1 Å². The van der Waals surface area contributed by atoms with Gasteiger partial charge in [-0.2, -0.15) is 5.10 Å². The average Bonchev–Trinajstić information content (AvgIpc) is 2.94. The molecule has 1 aromatic carbocycles. The van der Waals surface area contributed by atoms with Crippen molar-refractivity contribution in [2.75, 3.05) is 6.54 Å². The van der Waals surface area contributed by atoms with Crippen LogP contribution in [0.1, 0.15) is 38.2 Å². The molecular weight excluding hydrogens is 286 g/mol. The minimum Gasteiger partial charge on any atom is -0.370 e. The number of nitrogens with zero attached hydrogens (tertiary/aromatic N) is 3. The van der Waals surface area contributed by atoms with Crippen molar-refractivity contribution in [3.05, 3.63) is 42.1 Å². The van der Waals surface area contributed by atoms with Gasteiger partial charge in [0.2, 0.25) is 0 Å². The van der Waals surface area contributed by atoms with E-state index in [4.69, 9.17) is 5.73 Å². The molecule has 0 spiro atoms. The molecule has 2 rings (SSSR count). The maximum Gasteiger partial charge on any atom is 0.188 e. The van der Waals surface area contributed by atoms with Gasteiger partial charge in [0, 0.05) is 30.9 Å². The highest BCUT2D eigenvalue weighted by Crippen LogP contribution is 2.22. The van der Waals surface area contributed by atoms with Crippen molar-refractivity contribution in [3.8, 4) is 11.3 Å². The quantitative estimate of drug-likeness (QED) is 0.447. The maximum atomic E-state index is 5.94. The monoisotopic (exact) mass is 313 g/mol. The summed E-state index contributed by atoms with van der Waals surface area (Å²) in [4.78, 5) is 4.44. The molecule has 1 heterocycles. The van der Waals surface area contributed by atoms with E-state index in [2.05, 4.69) is 34.5 Å². The second kappa shape index (κ2) is 8.98. The van der Waals surface area contributed by atoms with Crippen LogP contribution >= 0.6 is 0 Å². The summed E-state index contributed by atoms with van der Waals surface area (Å²) >= 11 is 0. The van der Waals surface area contributed by atoms with E-state index in [0.29, 0.717) is 12.5 Å². The number of unbranched alkanes of at least 4 members (excludes halogenated alkanes) is 3. The van der Waals surface area contributed by atoms with Gasteiger partial charge in [-0.3, -0.25) is 4.68 Å². The average molecular weight is 313 g/mol. The molecule has 1 aromatic heterocycles. The third-order valence-electron chi connectivity index (χ3n) is 3.71. The molecule has 3 N–H and O–H groups in total. The van der Waals surface area contributed by atoms with Gasteiger partial charge in [0.1, 0.15) is 0 Å². The van der Waals surface area contributed by atoms with Crippen LogP contribution in [0.15, 0.2) is 41.5 Å². The summed E-state index contributed by atoms with van der Waals surface area (Å²) < 4.78 is 1.82. The Morgan fingerprint density at radius 3 is 2.74 bits per heavy atom. The Hall–Kier alpha value is -2.30. The van der Waals surface area contributed by atoms with E-state index in [-0.39, 0.29) is 0 Å². The zero-order chi connectivity index (χ0) is 16.5. The van der Waals surface area contributed by atoms with Gasteiger partial charge in [-0.25, -0.2) is 4.99 Å². The van der Waals surface area contributed by atoms with Crippen LogP contribution in [0.2, 0.25) is 0 Å². The van der Waals surface area contributed by atoms with E-state index in [1.807, 2.05) is 36.1 Å². The lowest BCUT2D eigenvalue weighted by molar-refractivity contribution is 0.652. The molecule has 23 heavy (non-hydrogen) atoms. The Balaban J connectivity index is 1.94. The van der Waals surface area contributed by atoms with Crippen LogP contribution in [0.5, 0.6) is 0 Å². The number of guanidine groups is 1. The highest BCUT2D eigenvalue weighted by molar-refractivity contribution is 5.78. The first kappa shape index (κ1) is 17.1. The molecule has 0 bridgehead atoms. The second-order valence-corrected chi connectivity index (χ2v) is 5.73. The Morgan fingerprint density at radius 1 is 1.22 bits per heavy atom. The largest absolute Gasteiger partial charge is 0.370 e. The highest BCUT2D eigenvalue weighted by atomic mass is 15.3. The van der Waals surface area contributed by atoms with Gasteiger partial charge in [-0.05, 0) is 6.42 Å². The fourth-order valence-electron chi connectivity index (χ4n) is 2.49. The zero-order valence-electron chi connectivity index (χ0n) is 14.1. The first-order chi connectivity index (χ1) is 11.2. The molecule has 0 aliphatic heterocycles. The summed E-state index contributed by atoms with van der Waals surface area (Å²) in [5.74, 6) is 0.504. The second-order valence-electron chi connectivity index (χ2n) is 5.73. The first-order valence-corrected chi connectivity index (χ1v) is 8.32. The van der Waals surface area contributed by atoms with Gasteiger partial charge in [0.15, 0.2) is 5.96 Å². The maximum absolute atomic E-state index is 5.94. The Labute approximate surface area is 138 Å². The minimum atomic E-state index is 0.504. The number of benzene rings is 1. The summed E-state index contributed by atoms with van der Waals surface area (Å²) in [6.07, 6.45) is 6.88. The number of aliphatic imine (C=N–C) groups is 1. The van der Waals surface area contributed by atoms with Crippen molar-refractivity contribution in [3.63, 3.8) is 0 Å². The summed E-state index contributed by atoms with van der Waals surface area (Å²) in [6, 6.07) is 10.2. The molecule has 0 saturated carbocycles. The lowest BCUT2D eigenvalue weighted by Crippen LogP contribution is -2.32. The van der Waals surface area contributed by atoms with Crippen molar-refractivity contribution in [2.45, 2.75) is 39.2 Å². The smallest absolute Gasteiger partial charge is 0.188 e. The van der Waals surface area contributed by atoms with Crippen LogP contribution in [-0.4, -0.2) is 22.3 Å². The number of nitrogens with two attached hydrogens (primary N) is 1. The van der Waals surface area contributed by atoms with Crippen LogP contribution in [0.4, 0.5) is 0 Å². The fraction of sp³-hybridized carbons (Fsp3) is 0.444. The van der Waals surface area contributed by atoms with Crippen molar-refractivity contribution < 1.29 is 0 Å². The van der Waals surface area contributed by atoms with Crippen LogP contribution in [0.3, 0.4) is 0 Å². The third-order valence-corrected chi connectivity index (χ3v) is 3.71. The van der Waals surface area contributed by atoms with Crippen molar-refractivity contribution in [1.29, 1.82) is 0 Å². The number of aromatic nitrogens is 2. The van der Waals surface area contributed by atoms with Crippen LogP contribution in [0, 0.1) is 0 Å². The molecule has 0 atom stereocenters. The Morgan fingerprint density at radius 2 is 2.00 bits per heavy atom. The molecule has 0 aliphatic carbocycles. The van der Waals surface area contributed by atoms with Gasteiger partial charge < -0.3 is 11.1 Å². The fourth-order valence-corrected chi connectivity index (χ4v) is 2.49. The first-order valence-electron chi connectivity index (χ1n) is 8.32. The number of nitrogens with one attached hydrogen (secondary N) is 1. The normalized spacial score (nSPS) is 11.7. The Bertz CT molecular complexity index is 616. The summed E-state index contributed by atoms with van der Waals surface area (Å²) in [5, 5.41) is 7.72. The molecular formula is C18H27N5. The standard InChI is InChI=1S/C18H27N5/c1-3-4-5-9-12-20-18(19)21-13-16-14-23(2)22-17(16)15-10-7-6-8-11-15/h6-8,10-11,14H,3-5,9,12-13H2,1-2H3,(H3,19,20,21). The van der Waals surface area contributed by atoms with E-state index in [9.17, 15) is 0 Å². The lowest BCUT2D eigenvalue weighted by Gasteiger charge is -2.05. The SMILES string of the molecule is CCCCCCNC(N)=NCc1cn(C)nc1-c1ccccc1. The topological polar surface area (TPSA) is 68.2 Å². The molecule has 5 nitrogen and oxygen atoms in total. The molecule has 0 saturated heterocycles. The summed E-state index contributed by atoms with van der Waals surface area (Å²) in [6.45, 7) is 3.63. The molecule has 2 aromatic rings. The van der Waals surface area contributed by atoms with Crippen molar-refractivity contribution >= 4 is 5.96 Å². The van der Waals surface area contributed by atoms with Crippen LogP contribution in [0.25, 0.3) is 11.3 Å². The third kappa shape index (κ3) is 5.43. The predicted octanol–water partition coefficient (Wildman–Crippen LogP) is 3.07. The number of hydrogen-bond acceptors (Lipinski definition) is 2. The van der Waals surface area contributed by atoms with Crippen molar-refractivity contribution in [1.82, 2.24) is 15.1 Å². The van der Waals surface area contributed by atoms with Gasteiger partial charge in [-0.1, -0.05) is 56.5 Å². The molecule has 5 heteroatoms. The summed E-state index contributed by atoms with van der Waals surface area (Å²) in [5.41, 5.74) is 9.09. The molecule has 0 amide bonds. The molecule has 0 fully saturated rings. The van der Waals surface area contributed by atoms with E-state index >= 15 is 0 Å². The van der Waals surface area contributed by atoms with E-state index in [1.54, 1.807) is 0 Å². The van der Waals surface area contributed by atoms with Crippen molar-refractivity contribution in [2.24, 2.45) is 17.8 Å². The highest BCUT2D eigenvalue weighted by Gasteiger charge is 2.09. The van der Waals surface area contributed by atoms with Gasteiger partial charge in [-0.15, -0.1) is 0 Å². The number of rotatable bonds is 8. The van der Waals surface area contributed by atoms with Crippen LogP contribution in [-0.2, 0) is 13.6 Å². The number of hydrogen-bond donors (Lipinski definition) is 2. The summed E-state index contributed by atoms with van der Waals surface area (Å²) in [7, 11) is 1.93. The Kier molecular flexibility index (Phi) is 6.66. The van der Waals surface area contributed by atoms with Gasteiger partial charge in [0.05, 0.1) is 12.2 Å². The number of aryl methyl sites for hydroxylation is 1. The van der Waals surface area contributed by atoms with Gasteiger partial charge >= 0.3 is 0 Å². The predicted molar refractivity (Wildman–Crippen MR) is 96.1 cm³/mol. The molecule has 0 aliphatic rings. The lowest BCUT2D eigenvalue weighted by atomic mass is 10.1. The molecule has 0 radical (unpaired) electrons. The van der Waals surface area contributed by atoms with E-state index < -0.39 is 0 Å².